The summed E-state index contributed by atoms with van der Waals surface area (Å²) in [4.78, 5) is 0. The highest BCUT2D eigenvalue weighted by Crippen LogP contribution is 2.40. The first-order valence-corrected chi connectivity index (χ1v) is 12.7. The van der Waals surface area contributed by atoms with E-state index in [1.165, 1.54) is 35.0 Å². The summed E-state index contributed by atoms with van der Waals surface area (Å²) in [7, 11) is -1.67. The lowest BCUT2D eigenvalue weighted by molar-refractivity contribution is 0.651. The summed E-state index contributed by atoms with van der Waals surface area (Å²) in [6.07, 6.45) is 9.40. The van der Waals surface area contributed by atoms with Crippen molar-refractivity contribution >= 4 is 20.5 Å². The van der Waals surface area contributed by atoms with E-state index in [1.807, 2.05) is 0 Å². The summed E-state index contributed by atoms with van der Waals surface area (Å²) in [5, 5.41) is 0.316. The second-order valence-electron chi connectivity index (χ2n) is 9.26. The third-order valence-electron chi connectivity index (χ3n) is 6.22. The van der Waals surface area contributed by atoms with Gasteiger partial charge in [-0.3, -0.25) is 0 Å². The first-order valence-electron chi connectivity index (χ1n) is 9.74. The molecule has 1 nitrogen and oxygen atoms in total. The predicted molar refractivity (Wildman–Crippen MR) is 117 cm³/mol. The third kappa shape index (κ3) is 3.82. The van der Waals surface area contributed by atoms with Crippen molar-refractivity contribution in [3.63, 3.8) is 0 Å². The van der Waals surface area contributed by atoms with E-state index in [0.29, 0.717) is 11.9 Å². The quantitative estimate of drug-likeness (QED) is 0.608. The maximum atomic E-state index is 2.75. The smallest absolute Gasteiger partial charge is 0.311 e. The summed E-state index contributed by atoms with van der Waals surface area (Å²) in [6.45, 7) is 21.8. The Hall–Kier alpha value is -1.22. The molecule has 136 valence electrons. The summed E-state index contributed by atoms with van der Waals surface area (Å²) < 4.78 is 2.75. The molecular formula is C22H36BNSi. The molecule has 0 saturated heterocycles. The van der Waals surface area contributed by atoms with Crippen molar-refractivity contribution in [2.75, 3.05) is 0 Å². The van der Waals surface area contributed by atoms with Crippen LogP contribution in [0.1, 0.15) is 57.2 Å². The van der Waals surface area contributed by atoms with E-state index in [1.54, 1.807) is 5.47 Å². The Labute approximate surface area is 157 Å². The Kier molecular flexibility index (Phi) is 5.78. The molecule has 25 heavy (non-hydrogen) atoms. The molecule has 0 fully saturated rings. The molecule has 0 aliphatic carbocycles. The van der Waals surface area contributed by atoms with Crippen LogP contribution < -0.4 is 5.46 Å². The highest BCUT2D eigenvalue weighted by molar-refractivity contribution is 6.93. The van der Waals surface area contributed by atoms with Crippen LogP contribution in [0.15, 0.2) is 36.0 Å². The van der Waals surface area contributed by atoms with Crippen LogP contribution in [0.4, 0.5) is 0 Å². The van der Waals surface area contributed by atoms with E-state index in [0.717, 1.165) is 0 Å². The highest BCUT2D eigenvalue weighted by atomic mass is 28.3. The average molecular weight is 353 g/mol. The van der Waals surface area contributed by atoms with E-state index in [4.69, 9.17) is 0 Å². The number of hydrogen-bond donors (Lipinski definition) is 0. The molecule has 0 amide bonds. The maximum Gasteiger partial charge on any atom is 0.311 e. The SMILES string of the molecule is CCCC1=CC=CN([Si](C)(C)C(C)(C)C)B1c1c(C)cc(C)cc1C. The third-order valence-corrected chi connectivity index (χ3v) is 11.6. The Morgan fingerprint density at radius 3 is 2.08 bits per heavy atom. The number of hydrogen-bond acceptors (Lipinski definition) is 1. The van der Waals surface area contributed by atoms with Gasteiger partial charge >= 0.3 is 6.85 Å². The number of nitrogens with zero attached hydrogens (tertiary/aromatic N) is 1. The summed E-state index contributed by atoms with van der Waals surface area (Å²) in [6, 6.07) is 4.71. The van der Waals surface area contributed by atoms with E-state index in [9.17, 15) is 0 Å². The van der Waals surface area contributed by atoms with Crippen LogP contribution in [0.5, 0.6) is 0 Å². The van der Waals surface area contributed by atoms with Crippen molar-refractivity contribution in [3.05, 3.63) is 52.6 Å². The zero-order valence-electron chi connectivity index (χ0n) is 17.8. The second kappa shape index (κ2) is 7.19. The zero-order chi connectivity index (χ0) is 19.0. The van der Waals surface area contributed by atoms with Gasteiger partial charge in [0.1, 0.15) is 8.24 Å². The molecule has 1 aliphatic heterocycles. The average Bonchev–Trinajstić information content (AvgIpc) is 2.46. The van der Waals surface area contributed by atoms with Gasteiger partial charge in [0.05, 0.1) is 0 Å². The van der Waals surface area contributed by atoms with Crippen LogP contribution in [-0.4, -0.2) is 19.6 Å². The lowest BCUT2D eigenvalue weighted by Crippen LogP contribution is -2.64. The normalized spacial score (nSPS) is 15.6. The standard InChI is InChI=1S/C22H36BNSi/c1-10-12-20-13-11-14-24(25(8,9)22(5,6)7)23(20)21-18(3)15-17(2)16-19(21)4/h11,13-16H,10,12H2,1-9H3. The van der Waals surface area contributed by atoms with Gasteiger partial charge in [0.2, 0.25) is 0 Å². The Morgan fingerprint density at radius 2 is 1.60 bits per heavy atom. The summed E-state index contributed by atoms with van der Waals surface area (Å²) >= 11 is 0. The first kappa shape index (κ1) is 20.1. The fourth-order valence-electron chi connectivity index (χ4n) is 3.97. The van der Waals surface area contributed by atoms with Gasteiger partial charge in [-0.1, -0.05) is 87.6 Å². The lowest BCUT2D eigenvalue weighted by Gasteiger charge is -2.50. The fraction of sp³-hybridized carbons (Fsp3) is 0.545. The minimum atomic E-state index is -1.67. The van der Waals surface area contributed by atoms with E-state index < -0.39 is 8.24 Å². The van der Waals surface area contributed by atoms with Crippen molar-refractivity contribution in [2.24, 2.45) is 0 Å². The lowest BCUT2D eigenvalue weighted by atomic mass is 9.46. The van der Waals surface area contributed by atoms with Crippen molar-refractivity contribution in [1.29, 1.82) is 0 Å². The van der Waals surface area contributed by atoms with Crippen molar-refractivity contribution in [1.82, 2.24) is 4.48 Å². The van der Waals surface area contributed by atoms with Crippen molar-refractivity contribution < 1.29 is 0 Å². The number of benzene rings is 1. The number of allylic oxidation sites excluding steroid dienone is 3. The van der Waals surface area contributed by atoms with E-state index in [2.05, 4.69) is 96.5 Å². The predicted octanol–water partition coefficient (Wildman–Crippen LogP) is 5.91. The Bertz CT molecular complexity index is 671. The van der Waals surface area contributed by atoms with Gasteiger partial charge in [0.25, 0.3) is 0 Å². The van der Waals surface area contributed by atoms with Gasteiger partial charge in [-0.15, -0.1) is 0 Å². The molecule has 0 saturated carbocycles. The molecule has 0 radical (unpaired) electrons. The Balaban J connectivity index is 2.66. The molecule has 0 unspecified atom stereocenters. The minimum Gasteiger partial charge on any atom is -0.441 e. The second-order valence-corrected chi connectivity index (χ2v) is 14.4. The molecule has 0 spiro atoms. The molecular weight excluding hydrogens is 317 g/mol. The van der Waals surface area contributed by atoms with Gasteiger partial charge in [-0.25, -0.2) is 0 Å². The van der Waals surface area contributed by atoms with Crippen molar-refractivity contribution in [2.45, 2.75) is 79.4 Å². The van der Waals surface area contributed by atoms with Crippen LogP contribution in [0.25, 0.3) is 0 Å². The van der Waals surface area contributed by atoms with Crippen LogP contribution in [0.2, 0.25) is 18.1 Å². The molecule has 0 bridgehead atoms. The largest absolute Gasteiger partial charge is 0.441 e. The fourth-order valence-corrected chi connectivity index (χ4v) is 6.14. The summed E-state index contributed by atoms with van der Waals surface area (Å²) in [5.41, 5.74) is 7.33. The minimum absolute atomic E-state index is 0.316. The zero-order valence-corrected chi connectivity index (χ0v) is 18.8. The number of rotatable bonds is 4. The van der Waals surface area contributed by atoms with Gasteiger partial charge in [-0.05, 0) is 50.0 Å². The summed E-state index contributed by atoms with van der Waals surface area (Å²) in [5.74, 6) is 0. The molecule has 1 aromatic carbocycles. The van der Waals surface area contributed by atoms with Crippen LogP contribution >= 0.6 is 0 Å². The van der Waals surface area contributed by atoms with Gasteiger partial charge in [-0.2, -0.15) is 0 Å². The topological polar surface area (TPSA) is 3.24 Å². The first-order chi connectivity index (χ1) is 11.5. The van der Waals surface area contributed by atoms with Crippen LogP contribution in [0, 0.1) is 20.8 Å². The highest BCUT2D eigenvalue weighted by Gasteiger charge is 2.46. The molecule has 0 atom stereocenters. The molecule has 1 heterocycles. The van der Waals surface area contributed by atoms with Crippen LogP contribution in [0.3, 0.4) is 0 Å². The molecule has 1 aromatic rings. The van der Waals surface area contributed by atoms with Gasteiger partial charge in [0, 0.05) is 0 Å². The molecule has 0 aromatic heterocycles. The molecule has 3 heteroatoms. The molecule has 2 rings (SSSR count). The van der Waals surface area contributed by atoms with Gasteiger partial charge in [0.15, 0.2) is 0 Å². The maximum absolute atomic E-state index is 2.75. The van der Waals surface area contributed by atoms with E-state index in [-0.39, 0.29) is 0 Å². The molecule has 0 N–H and O–H groups in total. The van der Waals surface area contributed by atoms with Crippen molar-refractivity contribution in [3.8, 4) is 0 Å². The van der Waals surface area contributed by atoms with Crippen LogP contribution in [-0.2, 0) is 0 Å². The van der Waals surface area contributed by atoms with Gasteiger partial charge < -0.3 is 4.48 Å². The van der Waals surface area contributed by atoms with E-state index >= 15 is 0 Å². The molecule has 1 aliphatic rings. The monoisotopic (exact) mass is 353 g/mol. The number of aryl methyl sites for hydroxylation is 3. The Morgan fingerprint density at radius 1 is 1.04 bits per heavy atom.